The summed E-state index contributed by atoms with van der Waals surface area (Å²) in [5.41, 5.74) is 0.610. The Labute approximate surface area is 159 Å². The number of ether oxygens (including phenoxy) is 1. The molecule has 2 heterocycles. The molecule has 2 aromatic rings. The molecule has 7 nitrogen and oxygen atoms in total. The molecule has 27 heavy (non-hydrogen) atoms. The first-order valence-corrected chi connectivity index (χ1v) is 9.20. The molecule has 1 unspecified atom stereocenters. The number of hydrogen-bond donors (Lipinski definition) is 0. The molecule has 1 atom stereocenters. The van der Waals surface area contributed by atoms with E-state index in [1.54, 1.807) is 30.3 Å². The monoisotopic (exact) mass is 370 g/mol. The van der Waals surface area contributed by atoms with Crippen LogP contribution < -0.4 is 4.74 Å². The van der Waals surface area contributed by atoms with E-state index >= 15 is 0 Å². The molecule has 1 fully saturated rings. The van der Waals surface area contributed by atoms with Gasteiger partial charge in [-0.2, -0.15) is 0 Å². The summed E-state index contributed by atoms with van der Waals surface area (Å²) in [5.74, 6) is 1.66. The largest absolute Gasteiger partial charge is 0.497 e. The Morgan fingerprint density at radius 1 is 1.19 bits per heavy atom. The molecule has 144 valence electrons. The minimum atomic E-state index is -0.0246. The first kappa shape index (κ1) is 18.9. The highest BCUT2D eigenvalue weighted by Gasteiger charge is 2.26. The first-order valence-electron chi connectivity index (χ1n) is 9.20. The standard InChI is InChI=1S/C20H26N4O3/c1-15(24-8-7-21-16(24)2)13-19(25)22-9-11-23(12-10-22)20(26)17-5-4-6-18(14-17)27-3/h4-8,14-15H,9-13H2,1-3H3. The molecule has 1 saturated heterocycles. The lowest BCUT2D eigenvalue weighted by Crippen LogP contribution is -2.50. The minimum Gasteiger partial charge on any atom is -0.497 e. The van der Waals surface area contributed by atoms with Crippen molar-refractivity contribution in [1.29, 1.82) is 0 Å². The number of benzene rings is 1. The number of piperazine rings is 1. The second kappa shape index (κ2) is 8.24. The van der Waals surface area contributed by atoms with Crippen molar-refractivity contribution in [3.8, 4) is 5.75 Å². The number of rotatable bonds is 5. The average Bonchev–Trinajstić information content (AvgIpc) is 3.13. The van der Waals surface area contributed by atoms with Gasteiger partial charge in [0.05, 0.1) is 7.11 Å². The summed E-state index contributed by atoms with van der Waals surface area (Å²) in [7, 11) is 1.58. The van der Waals surface area contributed by atoms with Gasteiger partial charge in [-0.3, -0.25) is 9.59 Å². The van der Waals surface area contributed by atoms with Gasteiger partial charge in [0.2, 0.25) is 5.91 Å². The first-order chi connectivity index (χ1) is 13.0. The summed E-state index contributed by atoms with van der Waals surface area (Å²) >= 11 is 0. The molecule has 1 aromatic carbocycles. The third-order valence-electron chi connectivity index (χ3n) is 5.04. The van der Waals surface area contributed by atoms with Crippen LogP contribution in [-0.4, -0.2) is 64.5 Å². The number of aromatic nitrogens is 2. The fraction of sp³-hybridized carbons (Fsp3) is 0.450. The Hall–Kier alpha value is -2.83. The molecule has 0 spiro atoms. The summed E-state index contributed by atoms with van der Waals surface area (Å²) in [6, 6.07) is 7.23. The Morgan fingerprint density at radius 2 is 1.89 bits per heavy atom. The van der Waals surface area contributed by atoms with Crippen LogP contribution in [-0.2, 0) is 4.79 Å². The zero-order valence-electron chi connectivity index (χ0n) is 16.1. The van der Waals surface area contributed by atoms with E-state index in [1.165, 1.54) is 0 Å². The van der Waals surface area contributed by atoms with Crippen LogP contribution in [0.2, 0.25) is 0 Å². The highest BCUT2D eigenvalue weighted by Crippen LogP contribution is 2.18. The van der Waals surface area contributed by atoms with Gasteiger partial charge in [-0.1, -0.05) is 6.07 Å². The Bertz CT molecular complexity index is 809. The second-order valence-electron chi connectivity index (χ2n) is 6.84. The maximum atomic E-state index is 12.7. The van der Waals surface area contributed by atoms with Crippen LogP contribution in [0.5, 0.6) is 5.75 Å². The van der Waals surface area contributed by atoms with E-state index in [4.69, 9.17) is 4.74 Å². The van der Waals surface area contributed by atoms with E-state index < -0.39 is 0 Å². The molecule has 3 rings (SSSR count). The molecular weight excluding hydrogens is 344 g/mol. The topological polar surface area (TPSA) is 67.7 Å². The molecule has 7 heteroatoms. The van der Waals surface area contributed by atoms with Gasteiger partial charge in [0.25, 0.3) is 5.91 Å². The lowest BCUT2D eigenvalue weighted by Gasteiger charge is -2.35. The van der Waals surface area contributed by atoms with Crippen molar-refractivity contribution < 1.29 is 14.3 Å². The van der Waals surface area contributed by atoms with Crippen LogP contribution in [0.15, 0.2) is 36.7 Å². The van der Waals surface area contributed by atoms with E-state index in [-0.39, 0.29) is 17.9 Å². The zero-order chi connectivity index (χ0) is 19.4. The van der Waals surface area contributed by atoms with Crippen molar-refractivity contribution in [3.05, 3.63) is 48.0 Å². The predicted molar refractivity (Wildman–Crippen MR) is 102 cm³/mol. The van der Waals surface area contributed by atoms with Gasteiger partial charge in [-0.15, -0.1) is 0 Å². The van der Waals surface area contributed by atoms with E-state index in [9.17, 15) is 9.59 Å². The predicted octanol–water partition coefficient (Wildman–Crippen LogP) is 2.14. The van der Waals surface area contributed by atoms with Gasteiger partial charge in [0.1, 0.15) is 11.6 Å². The number of nitrogens with zero attached hydrogens (tertiary/aromatic N) is 4. The fourth-order valence-electron chi connectivity index (χ4n) is 3.43. The van der Waals surface area contributed by atoms with E-state index in [1.807, 2.05) is 41.6 Å². The number of aryl methyl sites for hydroxylation is 1. The molecule has 1 aromatic heterocycles. The number of imidazole rings is 1. The number of hydrogen-bond acceptors (Lipinski definition) is 4. The third kappa shape index (κ3) is 4.30. The van der Waals surface area contributed by atoms with Gasteiger partial charge in [-0.25, -0.2) is 4.98 Å². The number of amides is 2. The van der Waals surface area contributed by atoms with Gasteiger partial charge >= 0.3 is 0 Å². The lowest BCUT2D eigenvalue weighted by molar-refractivity contribution is -0.133. The molecule has 0 aliphatic carbocycles. The highest BCUT2D eigenvalue weighted by molar-refractivity contribution is 5.94. The van der Waals surface area contributed by atoms with Gasteiger partial charge in [-0.05, 0) is 32.0 Å². The van der Waals surface area contributed by atoms with Crippen LogP contribution in [0.4, 0.5) is 0 Å². The molecule has 2 amide bonds. The maximum Gasteiger partial charge on any atom is 0.254 e. The number of carbonyl (C=O) groups excluding carboxylic acids is 2. The molecule has 0 radical (unpaired) electrons. The average molecular weight is 370 g/mol. The molecule has 0 saturated carbocycles. The second-order valence-corrected chi connectivity index (χ2v) is 6.84. The van der Waals surface area contributed by atoms with Crippen LogP contribution in [0, 0.1) is 6.92 Å². The van der Waals surface area contributed by atoms with E-state index in [2.05, 4.69) is 4.98 Å². The SMILES string of the molecule is COc1cccc(C(=O)N2CCN(C(=O)CC(C)n3ccnc3C)CC2)c1. The minimum absolute atomic E-state index is 0.0246. The summed E-state index contributed by atoms with van der Waals surface area (Å²) in [5, 5.41) is 0. The van der Waals surface area contributed by atoms with Gasteiger partial charge in [0, 0.05) is 56.6 Å². The van der Waals surface area contributed by atoms with Crippen LogP contribution in [0.25, 0.3) is 0 Å². The lowest BCUT2D eigenvalue weighted by atomic mass is 10.1. The number of methoxy groups -OCH3 is 1. The Morgan fingerprint density at radius 3 is 2.52 bits per heavy atom. The summed E-state index contributed by atoms with van der Waals surface area (Å²) in [6.07, 6.45) is 4.08. The fourth-order valence-corrected chi connectivity index (χ4v) is 3.43. The molecule has 1 aliphatic heterocycles. The summed E-state index contributed by atoms with van der Waals surface area (Å²) < 4.78 is 7.20. The van der Waals surface area contributed by atoms with Crippen LogP contribution >= 0.6 is 0 Å². The normalized spacial score (nSPS) is 15.5. The summed E-state index contributed by atoms with van der Waals surface area (Å²) in [6.45, 7) is 6.16. The van der Waals surface area contributed by atoms with Crippen molar-refractivity contribution in [1.82, 2.24) is 19.4 Å². The Balaban J connectivity index is 1.54. The molecule has 0 N–H and O–H groups in total. The molecular formula is C20H26N4O3. The van der Waals surface area contributed by atoms with Crippen molar-refractivity contribution in [2.75, 3.05) is 33.3 Å². The van der Waals surface area contributed by atoms with Crippen LogP contribution in [0.1, 0.15) is 35.6 Å². The van der Waals surface area contributed by atoms with Crippen molar-refractivity contribution >= 4 is 11.8 Å². The van der Waals surface area contributed by atoms with Crippen molar-refractivity contribution in [2.24, 2.45) is 0 Å². The van der Waals surface area contributed by atoms with E-state index in [0.29, 0.717) is 43.9 Å². The zero-order valence-corrected chi connectivity index (χ0v) is 16.1. The third-order valence-corrected chi connectivity index (χ3v) is 5.04. The number of carbonyl (C=O) groups is 2. The van der Waals surface area contributed by atoms with Crippen molar-refractivity contribution in [2.45, 2.75) is 26.3 Å². The summed E-state index contributed by atoms with van der Waals surface area (Å²) in [4.78, 5) is 33.1. The van der Waals surface area contributed by atoms with Crippen LogP contribution in [0.3, 0.4) is 0 Å². The quantitative estimate of drug-likeness (QED) is 0.809. The maximum absolute atomic E-state index is 12.7. The van der Waals surface area contributed by atoms with Crippen molar-refractivity contribution in [3.63, 3.8) is 0 Å². The van der Waals surface area contributed by atoms with E-state index in [0.717, 1.165) is 5.82 Å². The van der Waals surface area contributed by atoms with Gasteiger partial charge < -0.3 is 19.1 Å². The van der Waals surface area contributed by atoms with Gasteiger partial charge in [0.15, 0.2) is 0 Å². The smallest absolute Gasteiger partial charge is 0.254 e. The molecule has 1 aliphatic rings. The Kier molecular flexibility index (Phi) is 5.78. The molecule has 0 bridgehead atoms. The highest BCUT2D eigenvalue weighted by atomic mass is 16.5.